The van der Waals surface area contributed by atoms with Crippen molar-refractivity contribution in [2.75, 3.05) is 52.4 Å². The van der Waals surface area contributed by atoms with E-state index in [0.29, 0.717) is 13.1 Å². The van der Waals surface area contributed by atoms with Gasteiger partial charge in [0.25, 0.3) is 0 Å². The van der Waals surface area contributed by atoms with Crippen LogP contribution in [0.15, 0.2) is 29.4 Å². The maximum Gasteiger partial charge on any atom is 0.219 e. The summed E-state index contributed by atoms with van der Waals surface area (Å²) >= 11 is 0. The van der Waals surface area contributed by atoms with E-state index < -0.39 is 0 Å². The van der Waals surface area contributed by atoms with Gasteiger partial charge in [0.15, 0.2) is 5.96 Å². The maximum atomic E-state index is 13.5. The minimum atomic E-state index is -0.217. The van der Waals surface area contributed by atoms with Crippen molar-refractivity contribution in [2.24, 2.45) is 4.99 Å². The second kappa shape index (κ2) is 12.1. The van der Waals surface area contributed by atoms with Crippen molar-refractivity contribution < 1.29 is 9.18 Å². The number of nitrogens with one attached hydrogen (secondary N) is 3. The number of H-pyrrole nitrogens is 1. The van der Waals surface area contributed by atoms with E-state index in [-0.39, 0.29) is 35.7 Å². The molecule has 1 aromatic carbocycles. The molecule has 30 heavy (non-hydrogen) atoms. The van der Waals surface area contributed by atoms with Crippen molar-refractivity contribution >= 4 is 46.7 Å². The van der Waals surface area contributed by atoms with Gasteiger partial charge in [-0.1, -0.05) is 0 Å². The zero-order valence-corrected chi connectivity index (χ0v) is 20.0. The number of carbonyl (C=O) groups is 1. The zero-order valence-electron chi connectivity index (χ0n) is 17.7. The molecule has 0 aliphatic carbocycles. The molecular weight excluding hydrogens is 498 g/mol. The fraction of sp³-hybridized carbons (Fsp3) is 0.524. The highest BCUT2D eigenvalue weighted by Crippen LogP contribution is 2.19. The van der Waals surface area contributed by atoms with E-state index in [0.717, 1.165) is 68.1 Å². The van der Waals surface area contributed by atoms with E-state index in [1.54, 1.807) is 19.1 Å². The number of rotatable bonds is 7. The Morgan fingerprint density at radius 2 is 2.00 bits per heavy atom. The molecule has 0 radical (unpaired) electrons. The second-order valence-corrected chi connectivity index (χ2v) is 7.29. The zero-order chi connectivity index (χ0) is 20.6. The van der Waals surface area contributed by atoms with Crippen LogP contribution in [0, 0.1) is 5.82 Å². The summed E-state index contributed by atoms with van der Waals surface area (Å²) < 4.78 is 13.5. The molecule has 9 heteroatoms. The molecule has 1 amide bonds. The SMILES string of the molecule is CCNC(=NCCN1CCN(C(C)=O)CC1)NCCc1c[nH]c2ccc(F)cc12.I. The van der Waals surface area contributed by atoms with Crippen LogP contribution < -0.4 is 10.6 Å². The van der Waals surface area contributed by atoms with Crippen molar-refractivity contribution in [3.63, 3.8) is 0 Å². The van der Waals surface area contributed by atoms with Gasteiger partial charge in [0, 0.05) is 69.8 Å². The Kier molecular flexibility index (Phi) is 9.83. The Morgan fingerprint density at radius 3 is 2.70 bits per heavy atom. The summed E-state index contributed by atoms with van der Waals surface area (Å²) in [7, 11) is 0. The van der Waals surface area contributed by atoms with Crippen LogP contribution in [0.5, 0.6) is 0 Å². The maximum absolute atomic E-state index is 13.5. The number of piperazine rings is 1. The molecule has 0 unspecified atom stereocenters. The highest BCUT2D eigenvalue weighted by atomic mass is 127. The molecule has 1 fully saturated rings. The molecule has 7 nitrogen and oxygen atoms in total. The Labute approximate surface area is 194 Å². The summed E-state index contributed by atoms with van der Waals surface area (Å²) in [5.41, 5.74) is 2.04. The lowest BCUT2D eigenvalue weighted by Gasteiger charge is -2.33. The molecule has 1 saturated heterocycles. The highest BCUT2D eigenvalue weighted by Gasteiger charge is 2.17. The second-order valence-electron chi connectivity index (χ2n) is 7.29. The summed E-state index contributed by atoms with van der Waals surface area (Å²) in [5.74, 6) is 0.727. The molecule has 3 rings (SSSR count). The van der Waals surface area contributed by atoms with Gasteiger partial charge < -0.3 is 20.5 Å². The van der Waals surface area contributed by atoms with Crippen LogP contribution in [0.4, 0.5) is 4.39 Å². The van der Waals surface area contributed by atoms with E-state index >= 15 is 0 Å². The van der Waals surface area contributed by atoms with Crippen LogP contribution in [0.1, 0.15) is 19.4 Å². The summed E-state index contributed by atoms with van der Waals surface area (Å²) in [6.07, 6.45) is 2.72. The number of benzene rings is 1. The van der Waals surface area contributed by atoms with Gasteiger partial charge >= 0.3 is 0 Å². The quantitative estimate of drug-likeness (QED) is 0.292. The largest absolute Gasteiger partial charge is 0.361 e. The average molecular weight is 530 g/mol. The van der Waals surface area contributed by atoms with Crippen LogP contribution in [0.3, 0.4) is 0 Å². The van der Waals surface area contributed by atoms with Crippen LogP contribution in [-0.4, -0.2) is 79.0 Å². The van der Waals surface area contributed by atoms with Gasteiger partial charge in [-0.3, -0.25) is 14.7 Å². The monoisotopic (exact) mass is 530 g/mol. The van der Waals surface area contributed by atoms with Gasteiger partial charge in [-0.05, 0) is 37.1 Å². The van der Waals surface area contributed by atoms with Crippen molar-refractivity contribution in [3.05, 3.63) is 35.8 Å². The molecule has 3 N–H and O–H groups in total. The molecule has 2 aromatic rings. The first kappa shape index (κ1) is 24.4. The fourth-order valence-electron chi connectivity index (χ4n) is 3.60. The summed E-state index contributed by atoms with van der Waals surface area (Å²) in [5, 5.41) is 7.56. The van der Waals surface area contributed by atoms with Gasteiger partial charge in [0.05, 0.1) is 6.54 Å². The lowest BCUT2D eigenvalue weighted by Crippen LogP contribution is -2.48. The third kappa shape index (κ3) is 6.83. The predicted octanol–water partition coefficient (Wildman–Crippen LogP) is 2.19. The molecule has 1 aliphatic heterocycles. The molecule has 0 saturated carbocycles. The van der Waals surface area contributed by atoms with Crippen molar-refractivity contribution in [1.29, 1.82) is 0 Å². The summed E-state index contributed by atoms with van der Waals surface area (Å²) in [6.45, 7) is 10.1. The smallest absolute Gasteiger partial charge is 0.219 e. The van der Waals surface area contributed by atoms with Crippen molar-refractivity contribution in [2.45, 2.75) is 20.3 Å². The first-order valence-electron chi connectivity index (χ1n) is 10.3. The minimum Gasteiger partial charge on any atom is -0.361 e. The first-order valence-corrected chi connectivity index (χ1v) is 10.3. The molecule has 2 heterocycles. The average Bonchev–Trinajstić information content (AvgIpc) is 3.10. The van der Waals surface area contributed by atoms with E-state index in [2.05, 4.69) is 25.5 Å². The van der Waals surface area contributed by atoms with Crippen LogP contribution >= 0.6 is 24.0 Å². The molecule has 1 aliphatic rings. The number of aromatic nitrogens is 1. The van der Waals surface area contributed by atoms with Gasteiger partial charge in [0.1, 0.15) is 5.82 Å². The number of nitrogens with zero attached hydrogens (tertiary/aromatic N) is 3. The third-order valence-electron chi connectivity index (χ3n) is 5.26. The van der Waals surface area contributed by atoms with Gasteiger partial charge in [-0.15, -0.1) is 24.0 Å². The Balaban J connectivity index is 0.00000320. The van der Waals surface area contributed by atoms with E-state index in [4.69, 9.17) is 0 Å². The van der Waals surface area contributed by atoms with Crippen LogP contribution in [-0.2, 0) is 11.2 Å². The Bertz CT molecular complexity index is 847. The third-order valence-corrected chi connectivity index (χ3v) is 5.26. The first-order chi connectivity index (χ1) is 14.1. The highest BCUT2D eigenvalue weighted by molar-refractivity contribution is 14.0. The fourth-order valence-corrected chi connectivity index (χ4v) is 3.60. The van der Waals surface area contributed by atoms with Gasteiger partial charge in [-0.25, -0.2) is 4.39 Å². The topological polar surface area (TPSA) is 75.8 Å². The number of aromatic amines is 1. The number of halogens is 2. The number of hydrogen-bond acceptors (Lipinski definition) is 3. The van der Waals surface area contributed by atoms with E-state index in [1.165, 1.54) is 6.07 Å². The van der Waals surface area contributed by atoms with Crippen molar-refractivity contribution in [1.82, 2.24) is 25.4 Å². The molecule has 0 bridgehead atoms. The number of hydrogen-bond donors (Lipinski definition) is 3. The normalized spacial score (nSPS) is 15.2. The van der Waals surface area contributed by atoms with Crippen molar-refractivity contribution in [3.8, 4) is 0 Å². The van der Waals surface area contributed by atoms with Gasteiger partial charge in [-0.2, -0.15) is 0 Å². The summed E-state index contributed by atoms with van der Waals surface area (Å²) in [6, 6.07) is 4.81. The Hall–Kier alpha value is -1.88. The minimum absolute atomic E-state index is 0. The Morgan fingerprint density at radius 1 is 1.23 bits per heavy atom. The number of carbonyl (C=O) groups excluding carboxylic acids is 1. The standard InChI is InChI=1S/C21H31FN6O.HI/c1-3-23-21(25-8-9-27-10-12-28(13-11-27)16(2)29)24-7-6-17-15-26-20-5-4-18(22)14-19(17)20;/h4-5,14-15,26H,3,6-13H2,1-2H3,(H2,23,24,25);1H. The molecule has 0 atom stereocenters. The molecule has 0 spiro atoms. The molecular formula is C21H32FIN6O. The number of guanidine groups is 1. The van der Waals surface area contributed by atoms with E-state index in [9.17, 15) is 9.18 Å². The van der Waals surface area contributed by atoms with Gasteiger partial charge in [0.2, 0.25) is 5.91 Å². The predicted molar refractivity (Wildman–Crippen MR) is 130 cm³/mol. The molecule has 1 aromatic heterocycles. The lowest BCUT2D eigenvalue weighted by molar-refractivity contribution is -0.130. The molecule has 166 valence electrons. The van der Waals surface area contributed by atoms with Crippen LogP contribution in [0.25, 0.3) is 10.9 Å². The number of amides is 1. The number of aliphatic imine (C=N–C) groups is 1. The lowest BCUT2D eigenvalue weighted by atomic mass is 10.1. The van der Waals surface area contributed by atoms with E-state index in [1.807, 2.05) is 18.0 Å². The summed E-state index contributed by atoms with van der Waals surface area (Å²) in [4.78, 5) is 23.5. The van der Waals surface area contributed by atoms with Crippen LogP contribution in [0.2, 0.25) is 0 Å². The number of fused-ring (bicyclic) bond motifs is 1.